The number of rotatable bonds is 7. The molecule has 1 aliphatic rings. The molecule has 5 nitrogen and oxygen atoms in total. The first-order chi connectivity index (χ1) is 13.5. The van der Waals surface area contributed by atoms with E-state index in [4.69, 9.17) is 0 Å². The number of carbonyl (C=O) groups excluding carboxylic acids is 1. The fraction of sp³-hybridized carbons (Fsp3) is 0.286. The zero-order valence-electron chi connectivity index (χ0n) is 15.5. The fourth-order valence-electron chi connectivity index (χ4n) is 3.11. The van der Waals surface area contributed by atoms with Crippen LogP contribution in [0.5, 0.6) is 0 Å². The normalized spacial score (nSPS) is 14.2. The molecule has 0 radical (unpaired) electrons. The van der Waals surface area contributed by atoms with E-state index in [0.29, 0.717) is 12.2 Å². The lowest BCUT2D eigenvalue weighted by molar-refractivity contribution is -0.119. The third-order valence-electron chi connectivity index (χ3n) is 4.63. The molecule has 0 unspecified atom stereocenters. The van der Waals surface area contributed by atoms with Gasteiger partial charge in [0.1, 0.15) is 6.54 Å². The average Bonchev–Trinajstić information content (AvgIpc) is 2.72. The number of amides is 1. The van der Waals surface area contributed by atoms with Crippen LogP contribution in [0.25, 0.3) is 0 Å². The van der Waals surface area contributed by atoms with E-state index in [1.165, 1.54) is 16.3 Å². The number of sulfonamides is 1. The molecule has 0 saturated carbocycles. The predicted octanol–water partition coefficient (Wildman–Crippen LogP) is 4.10. The van der Waals surface area contributed by atoms with E-state index in [1.807, 2.05) is 12.1 Å². The minimum atomic E-state index is -3.85. The van der Waals surface area contributed by atoms with Crippen LogP contribution < -0.4 is 9.62 Å². The second-order valence-corrected chi connectivity index (χ2v) is 9.79. The summed E-state index contributed by atoms with van der Waals surface area (Å²) in [6, 6.07) is 15.3. The zero-order valence-corrected chi connectivity index (χ0v) is 18.4. The molecule has 0 aliphatic heterocycles. The minimum absolute atomic E-state index is 0.163. The van der Waals surface area contributed by atoms with Gasteiger partial charge in [0.2, 0.25) is 5.91 Å². The summed E-state index contributed by atoms with van der Waals surface area (Å²) < 4.78 is 28.5. The summed E-state index contributed by atoms with van der Waals surface area (Å²) in [4.78, 5) is 12.7. The number of halogens is 1. The van der Waals surface area contributed by atoms with Crippen molar-refractivity contribution in [2.24, 2.45) is 0 Å². The van der Waals surface area contributed by atoms with Gasteiger partial charge in [0.05, 0.1) is 10.6 Å². The van der Waals surface area contributed by atoms with Crippen LogP contribution in [0.3, 0.4) is 0 Å². The van der Waals surface area contributed by atoms with Gasteiger partial charge in [-0.3, -0.25) is 9.10 Å². The molecule has 28 heavy (non-hydrogen) atoms. The van der Waals surface area contributed by atoms with E-state index in [-0.39, 0.29) is 17.3 Å². The standard InChI is InChI=1S/C21H23IN2O3S/c22-18-11-13-19(14-12-18)24(28(26,27)20-9-5-2-6-10-20)16-21(25)23-15-17-7-3-1-4-8-17/h2,5-7,9-14H,1,3-4,8,15-16H2,(H,23,25). The molecule has 0 spiro atoms. The maximum absolute atomic E-state index is 13.2. The summed E-state index contributed by atoms with van der Waals surface area (Å²) in [7, 11) is -3.85. The van der Waals surface area contributed by atoms with Gasteiger partial charge in [-0.15, -0.1) is 0 Å². The van der Waals surface area contributed by atoms with E-state index < -0.39 is 10.0 Å². The Labute approximate surface area is 180 Å². The Hall–Kier alpha value is -1.87. The van der Waals surface area contributed by atoms with Crippen molar-refractivity contribution in [3.63, 3.8) is 0 Å². The molecule has 0 atom stereocenters. The highest BCUT2D eigenvalue weighted by Crippen LogP contribution is 2.24. The Balaban J connectivity index is 1.81. The number of nitrogens with one attached hydrogen (secondary N) is 1. The number of allylic oxidation sites excluding steroid dienone is 1. The number of nitrogens with zero attached hydrogens (tertiary/aromatic N) is 1. The van der Waals surface area contributed by atoms with Crippen LogP contribution in [0.15, 0.2) is 71.1 Å². The van der Waals surface area contributed by atoms with E-state index >= 15 is 0 Å². The van der Waals surface area contributed by atoms with Gasteiger partial charge in [-0.05, 0) is 84.7 Å². The van der Waals surface area contributed by atoms with Crippen molar-refractivity contribution >= 4 is 44.2 Å². The summed E-state index contributed by atoms with van der Waals surface area (Å²) in [6.45, 7) is 0.218. The van der Waals surface area contributed by atoms with Crippen molar-refractivity contribution < 1.29 is 13.2 Å². The summed E-state index contributed by atoms with van der Waals surface area (Å²) in [5.41, 5.74) is 1.68. The lowest BCUT2D eigenvalue weighted by atomic mass is 10.00. The highest BCUT2D eigenvalue weighted by molar-refractivity contribution is 14.1. The van der Waals surface area contributed by atoms with E-state index in [1.54, 1.807) is 42.5 Å². The van der Waals surface area contributed by atoms with E-state index in [2.05, 4.69) is 34.0 Å². The van der Waals surface area contributed by atoms with Crippen LogP contribution in [0.2, 0.25) is 0 Å². The van der Waals surface area contributed by atoms with Gasteiger partial charge in [-0.25, -0.2) is 8.42 Å². The van der Waals surface area contributed by atoms with Crippen LogP contribution in [-0.2, 0) is 14.8 Å². The first kappa shape index (κ1) is 20.9. The quantitative estimate of drug-likeness (QED) is 0.451. The molecule has 0 aromatic heterocycles. The Morgan fingerprint density at radius 3 is 2.39 bits per heavy atom. The number of hydrogen-bond acceptors (Lipinski definition) is 3. The number of hydrogen-bond donors (Lipinski definition) is 1. The predicted molar refractivity (Wildman–Crippen MR) is 120 cm³/mol. The summed E-state index contributed by atoms with van der Waals surface area (Å²) in [5.74, 6) is -0.315. The first-order valence-electron chi connectivity index (χ1n) is 9.25. The topological polar surface area (TPSA) is 66.5 Å². The Morgan fingerprint density at radius 2 is 1.75 bits per heavy atom. The number of benzene rings is 2. The van der Waals surface area contributed by atoms with Crippen molar-refractivity contribution in [3.8, 4) is 0 Å². The second-order valence-electron chi connectivity index (χ2n) is 6.69. The molecule has 1 amide bonds. The fourth-order valence-corrected chi connectivity index (χ4v) is 4.91. The second kappa shape index (κ2) is 9.56. The van der Waals surface area contributed by atoms with Crippen molar-refractivity contribution in [2.45, 2.75) is 30.6 Å². The van der Waals surface area contributed by atoms with E-state index in [0.717, 1.165) is 22.8 Å². The highest BCUT2D eigenvalue weighted by Gasteiger charge is 2.27. The van der Waals surface area contributed by atoms with Crippen LogP contribution in [-0.4, -0.2) is 27.4 Å². The molecular formula is C21H23IN2O3S. The van der Waals surface area contributed by atoms with Gasteiger partial charge in [0.15, 0.2) is 0 Å². The average molecular weight is 510 g/mol. The van der Waals surface area contributed by atoms with Crippen molar-refractivity contribution in [3.05, 3.63) is 69.8 Å². The minimum Gasteiger partial charge on any atom is -0.351 e. The Kier molecular flexibility index (Phi) is 7.12. The van der Waals surface area contributed by atoms with Gasteiger partial charge in [-0.2, -0.15) is 0 Å². The lowest BCUT2D eigenvalue weighted by Crippen LogP contribution is -2.41. The highest BCUT2D eigenvalue weighted by atomic mass is 127. The molecule has 0 bridgehead atoms. The van der Waals surface area contributed by atoms with Crippen molar-refractivity contribution in [1.29, 1.82) is 0 Å². The molecule has 148 valence electrons. The smallest absolute Gasteiger partial charge is 0.264 e. The SMILES string of the molecule is O=C(CN(c1ccc(I)cc1)S(=O)(=O)c1ccccc1)NCC1=CCCCC1. The Bertz CT molecular complexity index is 941. The zero-order chi connectivity index (χ0) is 20.0. The molecule has 2 aromatic carbocycles. The van der Waals surface area contributed by atoms with Gasteiger partial charge >= 0.3 is 0 Å². The molecule has 2 aromatic rings. The molecule has 0 saturated heterocycles. The van der Waals surface area contributed by atoms with Gasteiger partial charge in [-0.1, -0.05) is 29.8 Å². The van der Waals surface area contributed by atoms with Crippen LogP contribution in [0.1, 0.15) is 25.7 Å². The van der Waals surface area contributed by atoms with Crippen LogP contribution >= 0.6 is 22.6 Å². The molecule has 7 heteroatoms. The van der Waals surface area contributed by atoms with Gasteiger partial charge in [0.25, 0.3) is 10.0 Å². The van der Waals surface area contributed by atoms with Crippen LogP contribution in [0, 0.1) is 3.57 Å². The third-order valence-corrected chi connectivity index (χ3v) is 7.14. The molecule has 1 N–H and O–H groups in total. The monoisotopic (exact) mass is 510 g/mol. The van der Waals surface area contributed by atoms with Gasteiger partial charge in [0, 0.05) is 10.1 Å². The van der Waals surface area contributed by atoms with Gasteiger partial charge < -0.3 is 5.32 Å². The summed E-state index contributed by atoms with van der Waals surface area (Å²) in [6.07, 6.45) is 6.53. The first-order valence-corrected chi connectivity index (χ1v) is 11.8. The van der Waals surface area contributed by atoms with Crippen molar-refractivity contribution in [2.75, 3.05) is 17.4 Å². The summed E-state index contributed by atoms with van der Waals surface area (Å²) in [5, 5.41) is 2.87. The molecule has 0 heterocycles. The largest absolute Gasteiger partial charge is 0.351 e. The molecule has 1 aliphatic carbocycles. The summed E-state index contributed by atoms with van der Waals surface area (Å²) >= 11 is 2.16. The number of anilines is 1. The van der Waals surface area contributed by atoms with Crippen molar-refractivity contribution in [1.82, 2.24) is 5.32 Å². The molecule has 0 fully saturated rings. The third kappa shape index (κ3) is 5.35. The maximum Gasteiger partial charge on any atom is 0.264 e. The molecular weight excluding hydrogens is 487 g/mol. The number of carbonyl (C=O) groups is 1. The molecule has 3 rings (SSSR count). The van der Waals surface area contributed by atoms with E-state index in [9.17, 15) is 13.2 Å². The lowest BCUT2D eigenvalue weighted by Gasteiger charge is -2.24. The van der Waals surface area contributed by atoms with Crippen LogP contribution in [0.4, 0.5) is 5.69 Å². The Morgan fingerprint density at radius 1 is 1.04 bits per heavy atom. The maximum atomic E-state index is 13.2.